The number of hydrogen-bond acceptors (Lipinski definition) is 5. The first-order valence-corrected chi connectivity index (χ1v) is 8.33. The third kappa shape index (κ3) is 7.83. The summed E-state index contributed by atoms with van der Waals surface area (Å²) in [7, 11) is 0. The minimum Gasteiger partial charge on any atom is -0.445 e. The van der Waals surface area contributed by atoms with E-state index in [4.69, 9.17) is 9.47 Å². The monoisotopic (exact) mass is 349 g/mol. The molecule has 138 valence electrons. The quantitative estimate of drug-likeness (QED) is 0.628. The molecule has 1 aromatic carbocycles. The van der Waals surface area contributed by atoms with Crippen LogP contribution in [0.15, 0.2) is 30.3 Å². The van der Waals surface area contributed by atoms with Crippen molar-refractivity contribution in [3.05, 3.63) is 35.9 Å². The van der Waals surface area contributed by atoms with Crippen molar-refractivity contribution in [2.24, 2.45) is 11.3 Å². The number of benzene rings is 1. The van der Waals surface area contributed by atoms with Crippen molar-refractivity contribution in [1.82, 2.24) is 5.32 Å². The van der Waals surface area contributed by atoms with Crippen molar-refractivity contribution in [1.29, 1.82) is 0 Å². The molecule has 6 heteroatoms. The fourth-order valence-electron chi connectivity index (χ4n) is 1.91. The van der Waals surface area contributed by atoms with Crippen LogP contribution in [-0.4, -0.2) is 24.1 Å². The van der Waals surface area contributed by atoms with E-state index in [1.54, 1.807) is 20.8 Å². The summed E-state index contributed by atoms with van der Waals surface area (Å²) < 4.78 is 10.0. The highest BCUT2D eigenvalue weighted by Gasteiger charge is 2.31. The summed E-state index contributed by atoms with van der Waals surface area (Å²) in [5, 5.41) is 2.49. The van der Waals surface area contributed by atoms with Gasteiger partial charge in [0, 0.05) is 0 Å². The van der Waals surface area contributed by atoms with Gasteiger partial charge >= 0.3 is 18.0 Å². The molecule has 0 saturated heterocycles. The number of rotatable bonds is 6. The fraction of sp³-hybridized carbons (Fsp3) is 0.526. The van der Waals surface area contributed by atoms with Crippen LogP contribution in [0, 0.1) is 11.3 Å². The lowest BCUT2D eigenvalue weighted by Crippen LogP contribution is -2.44. The Labute approximate surface area is 148 Å². The molecule has 1 rings (SSSR count). The lowest BCUT2D eigenvalue weighted by molar-refractivity contribution is -0.167. The van der Waals surface area contributed by atoms with Gasteiger partial charge in [0.15, 0.2) is 0 Å². The van der Waals surface area contributed by atoms with Crippen LogP contribution in [-0.2, 0) is 25.7 Å². The maximum atomic E-state index is 12.2. The van der Waals surface area contributed by atoms with Crippen molar-refractivity contribution in [2.75, 3.05) is 0 Å². The first-order chi connectivity index (χ1) is 11.6. The fourth-order valence-corrected chi connectivity index (χ4v) is 1.91. The lowest BCUT2D eigenvalue weighted by atomic mass is 9.97. The second kappa shape index (κ2) is 9.20. The van der Waals surface area contributed by atoms with Crippen molar-refractivity contribution in [3.63, 3.8) is 0 Å². The summed E-state index contributed by atoms with van der Waals surface area (Å²) in [5.74, 6) is -1.28. The number of esters is 2. The van der Waals surface area contributed by atoms with Gasteiger partial charge in [-0.1, -0.05) is 44.2 Å². The molecule has 0 spiro atoms. The van der Waals surface area contributed by atoms with E-state index in [9.17, 15) is 14.4 Å². The Balaban J connectivity index is 2.63. The summed E-state index contributed by atoms with van der Waals surface area (Å²) in [5.41, 5.74) is 0.0369. The molecule has 0 fully saturated rings. The second-order valence-corrected chi connectivity index (χ2v) is 7.35. The van der Waals surface area contributed by atoms with Gasteiger partial charge in [0.05, 0.1) is 5.41 Å². The summed E-state index contributed by atoms with van der Waals surface area (Å²) in [6, 6.07) is 8.27. The van der Waals surface area contributed by atoms with E-state index in [1.807, 2.05) is 44.2 Å². The van der Waals surface area contributed by atoms with E-state index in [1.165, 1.54) is 0 Å². The predicted octanol–water partition coefficient (Wildman–Crippen LogP) is 3.44. The van der Waals surface area contributed by atoms with Crippen LogP contribution in [0.25, 0.3) is 0 Å². The Morgan fingerprint density at radius 1 is 1.08 bits per heavy atom. The number of alkyl carbamates (subject to hydrolysis) is 1. The minimum absolute atomic E-state index is 0.0943. The summed E-state index contributed by atoms with van der Waals surface area (Å²) in [6.07, 6.45) is -0.383. The smallest absolute Gasteiger partial charge is 0.408 e. The Hall–Kier alpha value is -2.37. The summed E-state index contributed by atoms with van der Waals surface area (Å²) >= 11 is 0. The van der Waals surface area contributed by atoms with Gasteiger partial charge < -0.3 is 14.8 Å². The van der Waals surface area contributed by atoms with Crippen LogP contribution in [0.4, 0.5) is 4.79 Å². The first-order valence-electron chi connectivity index (χ1n) is 8.33. The minimum atomic E-state index is -0.936. The van der Waals surface area contributed by atoms with Gasteiger partial charge in [-0.3, -0.25) is 4.79 Å². The standard InChI is InChI=1S/C19H27NO5/c1-13(2)11-15(16(21)25-17(22)19(3,4)5)20-18(23)24-12-14-9-7-6-8-10-14/h6-10,13,15H,11-12H2,1-5H3,(H,20,23)/t15-/m0/s1. The second-order valence-electron chi connectivity index (χ2n) is 7.35. The van der Waals surface area contributed by atoms with Crippen LogP contribution < -0.4 is 5.32 Å². The number of carbonyl (C=O) groups excluding carboxylic acids is 3. The Morgan fingerprint density at radius 3 is 2.20 bits per heavy atom. The molecule has 0 heterocycles. The van der Waals surface area contributed by atoms with E-state index in [-0.39, 0.29) is 12.5 Å². The lowest BCUT2D eigenvalue weighted by Gasteiger charge is -2.21. The third-order valence-electron chi connectivity index (χ3n) is 3.30. The molecule has 0 saturated carbocycles. The van der Waals surface area contributed by atoms with Gasteiger partial charge in [-0.15, -0.1) is 0 Å². The molecule has 1 atom stereocenters. The SMILES string of the molecule is CC(C)C[C@H](NC(=O)OCc1ccccc1)C(=O)OC(=O)C(C)(C)C. The van der Waals surface area contributed by atoms with E-state index < -0.39 is 29.5 Å². The van der Waals surface area contributed by atoms with E-state index in [0.29, 0.717) is 6.42 Å². The number of carbonyl (C=O) groups is 3. The number of hydrogen-bond donors (Lipinski definition) is 1. The van der Waals surface area contributed by atoms with E-state index in [2.05, 4.69) is 5.32 Å². The van der Waals surface area contributed by atoms with Gasteiger partial charge in [-0.05, 0) is 38.7 Å². The zero-order valence-corrected chi connectivity index (χ0v) is 15.5. The topological polar surface area (TPSA) is 81.7 Å². The molecule has 6 nitrogen and oxygen atoms in total. The third-order valence-corrected chi connectivity index (χ3v) is 3.30. The highest BCUT2D eigenvalue weighted by molar-refractivity contribution is 5.92. The molecule has 0 bridgehead atoms. The zero-order valence-electron chi connectivity index (χ0n) is 15.5. The summed E-state index contributed by atoms with van der Waals surface area (Å²) in [6.45, 7) is 8.87. The van der Waals surface area contributed by atoms with Gasteiger partial charge in [-0.25, -0.2) is 9.59 Å². The Kier molecular flexibility index (Phi) is 7.61. The van der Waals surface area contributed by atoms with Gasteiger partial charge in [0.2, 0.25) is 0 Å². The number of ether oxygens (including phenoxy) is 2. The van der Waals surface area contributed by atoms with Crippen molar-refractivity contribution >= 4 is 18.0 Å². The molecule has 0 aliphatic heterocycles. The highest BCUT2D eigenvalue weighted by Crippen LogP contribution is 2.16. The molecule has 0 aromatic heterocycles. The van der Waals surface area contributed by atoms with Crippen LogP contribution >= 0.6 is 0 Å². The average molecular weight is 349 g/mol. The molecule has 1 aromatic rings. The molecule has 0 radical (unpaired) electrons. The molecular formula is C19H27NO5. The predicted molar refractivity (Wildman–Crippen MR) is 93.6 cm³/mol. The molecule has 0 aliphatic rings. The van der Waals surface area contributed by atoms with Crippen molar-refractivity contribution in [2.45, 2.75) is 53.7 Å². The van der Waals surface area contributed by atoms with Crippen LogP contribution in [0.1, 0.15) is 46.6 Å². The van der Waals surface area contributed by atoms with Crippen molar-refractivity contribution in [3.8, 4) is 0 Å². The highest BCUT2D eigenvalue weighted by atomic mass is 16.6. The van der Waals surface area contributed by atoms with E-state index in [0.717, 1.165) is 5.56 Å². The Bertz CT molecular complexity index is 590. The van der Waals surface area contributed by atoms with Crippen LogP contribution in [0.3, 0.4) is 0 Å². The molecule has 25 heavy (non-hydrogen) atoms. The molecule has 1 amide bonds. The molecule has 0 aliphatic carbocycles. The van der Waals surface area contributed by atoms with Crippen LogP contribution in [0.2, 0.25) is 0 Å². The number of nitrogens with one attached hydrogen (secondary N) is 1. The van der Waals surface area contributed by atoms with Crippen LogP contribution in [0.5, 0.6) is 0 Å². The molecule has 0 unspecified atom stereocenters. The maximum Gasteiger partial charge on any atom is 0.408 e. The Morgan fingerprint density at radius 2 is 1.68 bits per heavy atom. The van der Waals surface area contributed by atoms with E-state index >= 15 is 0 Å². The first kappa shape index (κ1) is 20.7. The largest absolute Gasteiger partial charge is 0.445 e. The van der Waals surface area contributed by atoms with Crippen molar-refractivity contribution < 1.29 is 23.9 Å². The van der Waals surface area contributed by atoms with Gasteiger partial charge in [-0.2, -0.15) is 0 Å². The molecular weight excluding hydrogens is 322 g/mol. The normalized spacial score (nSPS) is 12.4. The maximum absolute atomic E-state index is 12.2. The zero-order chi connectivity index (χ0) is 19.0. The van der Waals surface area contributed by atoms with Gasteiger partial charge in [0.25, 0.3) is 0 Å². The average Bonchev–Trinajstić information content (AvgIpc) is 2.52. The van der Waals surface area contributed by atoms with Gasteiger partial charge in [0.1, 0.15) is 12.6 Å². The molecule has 1 N–H and O–H groups in total. The number of amides is 1. The summed E-state index contributed by atoms with van der Waals surface area (Å²) in [4.78, 5) is 36.1.